The number of halogens is 1. The molecule has 1 nitrogen and oxygen atoms in total. The average molecular weight is 175 g/mol. The van der Waals surface area contributed by atoms with Crippen LogP contribution in [0.1, 0.15) is 27.2 Å². The van der Waals surface area contributed by atoms with Crippen LogP contribution in [-0.2, 0) is 4.74 Å². The zero-order chi connectivity index (χ0) is 6.62. The van der Waals surface area contributed by atoms with Gasteiger partial charge in [0.1, 0.15) is 0 Å². The number of hydrogen-bond donors (Lipinski definition) is 0. The SMILES string of the molecule is [CH2-]CCOC(C)(C)C.[Cl-].[Mg+2]. The van der Waals surface area contributed by atoms with Gasteiger partial charge in [0.25, 0.3) is 0 Å². The first-order chi connectivity index (χ1) is 3.56. The zero-order valence-corrected chi connectivity index (χ0v) is 9.28. The van der Waals surface area contributed by atoms with Crippen molar-refractivity contribution in [2.45, 2.75) is 32.8 Å². The summed E-state index contributed by atoms with van der Waals surface area (Å²) in [5.74, 6) is 0. The third kappa shape index (κ3) is 16.0. The molecule has 58 valence electrons. The van der Waals surface area contributed by atoms with E-state index in [2.05, 4.69) is 6.92 Å². The first-order valence-electron chi connectivity index (χ1n) is 2.99. The van der Waals surface area contributed by atoms with Gasteiger partial charge >= 0.3 is 23.1 Å². The molecule has 10 heavy (non-hydrogen) atoms. The summed E-state index contributed by atoms with van der Waals surface area (Å²) >= 11 is 0. The van der Waals surface area contributed by atoms with Crippen molar-refractivity contribution >= 4 is 23.1 Å². The molecular formula is C7H15ClMgO. The maximum absolute atomic E-state index is 5.32. The molecule has 0 aliphatic carbocycles. The fourth-order valence-electron chi connectivity index (χ4n) is 0.378. The van der Waals surface area contributed by atoms with Crippen LogP contribution in [0.2, 0.25) is 0 Å². The van der Waals surface area contributed by atoms with Gasteiger partial charge in [0.05, 0.1) is 5.60 Å². The maximum Gasteiger partial charge on any atom is 2.00 e. The molecule has 0 amide bonds. The van der Waals surface area contributed by atoms with Crippen molar-refractivity contribution in [3.63, 3.8) is 0 Å². The van der Waals surface area contributed by atoms with Gasteiger partial charge in [-0.3, -0.25) is 0 Å². The van der Waals surface area contributed by atoms with Crippen LogP contribution in [0.3, 0.4) is 0 Å². The van der Waals surface area contributed by atoms with Gasteiger partial charge in [0.2, 0.25) is 0 Å². The van der Waals surface area contributed by atoms with Crippen molar-refractivity contribution in [2.75, 3.05) is 6.61 Å². The minimum atomic E-state index is 0. The van der Waals surface area contributed by atoms with Crippen molar-refractivity contribution in [1.29, 1.82) is 0 Å². The Morgan fingerprint density at radius 2 is 1.70 bits per heavy atom. The van der Waals surface area contributed by atoms with E-state index in [0.29, 0.717) is 0 Å². The first kappa shape index (κ1) is 17.2. The van der Waals surface area contributed by atoms with Crippen LogP contribution in [0.4, 0.5) is 0 Å². The summed E-state index contributed by atoms with van der Waals surface area (Å²) in [6.45, 7) is 10.6. The summed E-state index contributed by atoms with van der Waals surface area (Å²) in [5.41, 5.74) is 0.0116. The van der Waals surface area contributed by atoms with Gasteiger partial charge < -0.3 is 24.1 Å². The Labute approximate surface area is 86.5 Å². The van der Waals surface area contributed by atoms with E-state index in [0.717, 1.165) is 13.0 Å². The molecule has 0 heterocycles. The van der Waals surface area contributed by atoms with Crippen LogP contribution in [-0.4, -0.2) is 35.3 Å². The van der Waals surface area contributed by atoms with Crippen molar-refractivity contribution in [3.05, 3.63) is 6.92 Å². The molecule has 3 heteroatoms. The second-order valence-corrected chi connectivity index (χ2v) is 2.81. The fourth-order valence-corrected chi connectivity index (χ4v) is 0.378. The van der Waals surface area contributed by atoms with E-state index < -0.39 is 0 Å². The first-order valence-corrected chi connectivity index (χ1v) is 2.99. The van der Waals surface area contributed by atoms with Crippen LogP contribution in [0.5, 0.6) is 0 Å². The van der Waals surface area contributed by atoms with Crippen LogP contribution < -0.4 is 12.4 Å². The molecule has 0 aromatic rings. The fraction of sp³-hybridized carbons (Fsp3) is 0.857. The van der Waals surface area contributed by atoms with E-state index in [1.807, 2.05) is 20.8 Å². The second-order valence-electron chi connectivity index (χ2n) is 2.81. The molecule has 0 N–H and O–H groups in total. The summed E-state index contributed by atoms with van der Waals surface area (Å²) in [6, 6.07) is 0. The molecule has 0 radical (unpaired) electrons. The summed E-state index contributed by atoms with van der Waals surface area (Å²) in [7, 11) is 0. The molecule has 0 saturated carbocycles. The van der Waals surface area contributed by atoms with Gasteiger partial charge in [-0.1, -0.05) is 0 Å². The minimum absolute atomic E-state index is 0. The van der Waals surface area contributed by atoms with Crippen LogP contribution in [0.15, 0.2) is 0 Å². The van der Waals surface area contributed by atoms with E-state index in [4.69, 9.17) is 4.74 Å². The summed E-state index contributed by atoms with van der Waals surface area (Å²) < 4.78 is 5.32. The largest absolute Gasteiger partial charge is 2.00 e. The maximum atomic E-state index is 5.32. The molecule has 0 aliphatic heterocycles. The van der Waals surface area contributed by atoms with Crippen molar-refractivity contribution in [2.24, 2.45) is 0 Å². The Bertz CT molecular complexity index is 61.1. The predicted octanol–water partition coefficient (Wildman–Crippen LogP) is -1.35. The molecule has 0 aromatic heterocycles. The third-order valence-corrected chi connectivity index (χ3v) is 0.679. The minimum Gasteiger partial charge on any atom is -1.00 e. The van der Waals surface area contributed by atoms with Gasteiger partial charge in [-0.15, -0.1) is 0 Å². The van der Waals surface area contributed by atoms with Gasteiger partial charge in [-0.2, -0.15) is 6.42 Å². The van der Waals surface area contributed by atoms with Crippen LogP contribution in [0.25, 0.3) is 0 Å². The summed E-state index contributed by atoms with van der Waals surface area (Å²) in [5, 5.41) is 0. The molecular weight excluding hydrogens is 160 g/mol. The van der Waals surface area contributed by atoms with E-state index in [1.54, 1.807) is 0 Å². The zero-order valence-electron chi connectivity index (χ0n) is 7.11. The van der Waals surface area contributed by atoms with E-state index in [1.165, 1.54) is 0 Å². The van der Waals surface area contributed by atoms with E-state index in [-0.39, 0.29) is 41.1 Å². The third-order valence-electron chi connectivity index (χ3n) is 0.679. The summed E-state index contributed by atoms with van der Waals surface area (Å²) in [4.78, 5) is 0. The molecule has 0 rings (SSSR count). The predicted molar refractivity (Wildman–Crippen MR) is 41.4 cm³/mol. The molecule has 0 saturated heterocycles. The van der Waals surface area contributed by atoms with Crippen LogP contribution >= 0.6 is 0 Å². The standard InChI is InChI=1S/C7H15O.ClH.Mg/c1-5-6-8-7(2,3)4;;/h1,5-6H2,2-4H3;1H;/q-1;;+2/p-1. The van der Waals surface area contributed by atoms with Crippen LogP contribution in [0, 0.1) is 6.92 Å². The van der Waals surface area contributed by atoms with Gasteiger partial charge in [-0.25, -0.2) is 0 Å². The molecule has 0 aliphatic rings. The Morgan fingerprint density at radius 1 is 1.30 bits per heavy atom. The smallest absolute Gasteiger partial charge is 1.00 e. The van der Waals surface area contributed by atoms with Gasteiger partial charge in [0.15, 0.2) is 0 Å². The Hall–Kier alpha value is 1.02. The second kappa shape index (κ2) is 8.12. The Kier molecular flexibility index (Phi) is 14.0. The Morgan fingerprint density at radius 3 is 1.80 bits per heavy atom. The quantitative estimate of drug-likeness (QED) is 0.372. The normalized spacial score (nSPS) is 9.60. The number of hydrogen-bond acceptors (Lipinski definition) is 1. The topological polar surface area (TPSA) is 9.23 Å². The van der Waals surface area contributed by atoms with Crippen molar-refractivity contribution in [1.82, 2.24) is 0 Å². The van der Waals surface area contributed by atoms with E-state index >= 15 is 0 Å². The molecule has 0 spiro atoms. The molecule has 0 atom stereocenters. The molecule has 0 unspecified atom stereocenters. The van der Waals surface area contributed by atoms with Crippen molar-refractivity contribution < 1.29 is 17.1 Å². The average Bonchev–Trinajstić information content (AvgIpc) is 1.59. The van der Waals surface area contributed by atoms with Crippen molar-refractivity contribution in [3.8, 4) is 0 Å². The van der Waals surface area contributed by atoms with Gasteiger partial charge in [0, 0.05) is 6.61 Å². The number of ether oxygens (including phenoxy) is 1. The van der Waals surface area contributed by atoms with E-state index in [9.17, 15) is 0 Å². The monoisotopic (exact) mass is 174 g/mol. The molecule has 0 fully saturated rings. The summed E-state index contributed by atoms with van der Waals surface area (Å²) in [6.07, 6.45) is 0.858. The molecule has 0 aromatic carbocycles. The number of rotatable bonds is 2. The Balaban J connectivity index is -0.000000245. The van der Waals surface area contributed by atoms with Gasteiger partial charge in [-0.05, 0) is 20.8 Å². The molecule has 0 bridgehead atoms.